The Morgan fingerprint density at radius 1 is 1.38 bits per heavy atom. The number of carbonyl (C=O) groups is 1. The van der Waals surface area contributed by atoms with Crippen molar-refractivity contribution in [2.45, 2.75) is 38.1 Å². The highest BCUT2D eigenvalue weighted by atomic mass is 79.9. The molecule has 2 aliphatic rings. The van der Waals surface area contributed by atoms with E-state index in [0.29, 0.717) is 16.6 Å². The van der Waals surface area contributed by atoms with Crippen molar-refractivity contribution >= 4 is 45.2 Å². The zero-order valence-corrected chi connectivity index (χ0v) is 17.0. The van der Waals surface area contributed by atoms with Gasteiger partial charge in [-0.15, -0.1) is 0 Å². The number of hydrogen-bond acceptors (Lipinski definition) is 4. The van der Waals surface area contributed by atoms with Crippen molar-refractivity contribution in [3.8, 4) is 11.8 Å². The van der Waals surface area contributed by atoms with E-state index in [4.69, 9.17) is 22.2 Å². The summed E-state index contributed by atoms with van der Waals surface area (Å²) in [5, 5.41) is 9.33. The van der Waals surface area contributed by atoms with Crippen molar-refractivity contribution in [2.24, 2.45) is 0 Å². The SMILES string of the molecule is CN1C(=S)N(C2CCCCC2)C(=O)C1=Cc1cc(Br)ccc1OCC#N. The summed E-state index contributed by atoms with van der Waals surface area (Å²) in [6.07, 6.45) is 7.28. The molecule has 1 aliphatic carbocycles. The van der Waals surface area contributed by atoms with Crippen LogP contribution in [0.4, 0.5) is 0 Å². The molecule has 0 spiro atoms. The summed E-state index contributed by atoms with van der Waals surface area (Å²) in [5.41, 5.74) is 1.26. The maximum atomic E-state index is 13.1. The predicted octanol–water partition coefficient (Wildman–Crippen LogP) is 4.08. The minimum absolute atomic E-state index is 0.0474. The number of ether oxygens (including phenoxy) is 1. The molecule has 1 amide bonds. The standard InChI is InChI=1S/C19H20BrN3O2S/c1-22-16(12-13-11-14(20)7-8-17(13)25-10-9-21)18(24)23(19(22)26)15-5-3-2-4-6-15/h7-8,11-12,15H,2-6,10H2,1H3. The summed E-state index contributed by atoms with van der Waals surface area (Å²) in [6, 6.07) is 7.65. The summed E-state index contributed by atoms with van der Waals surface area (Å²) < 4.78 is 6.36. The van der Waals surface area contributed by atoms with Crippen molar-refractivity contribution in [3.05, 3.63) is 33.9 Å². The Kier molecular flexibility index (Phi) is 5.94. The van der Waals surface area contributed by atoms with Crippen LogP contribution in [0.3, 0.4) is 0 Å². The lowest BCUT2D eigenvalue weighted by Gasteiger charge is -2.30. The van der Waals surface area contributed by atoms with Gasteiger partial charge in [-0.05, 0) is 49.3 Å². The zero-order valence-electron chi connectivity index (χ0n) is 14.6. The van der Waals surface area contributed by atoms with Gasteiger partial charge >= 0.3 is 0 Å². The number of nitriles is 1. The lowest BCUT2D eigenvalue weighted by Crippen LogP contribution is -2.41. The first kappa shape index (κ1) is 18.9. The van der Waals surface area contributed by atoms with Gasteiger partial charge in [0.05, 0.1) is 0 Å². The number of carbonyl (C=O) groups excluding carboxylic acids is 1. The Bertz CT molecular complexity index is 796. The number of benzene rings is 1. The molecule has 0 bridgehead atoms. The van der Waals surface area contributed by atoms with E-state index in [1.807, 2.05) is 25.2 Å². The molecule has 1 heterocycles. The number of nitrogens with zero attached hydrogens (tertiary/aromatic N) is 3. The highest BCUT2D eigenvalue weighted by Gasteiger charge is 2.40. The second-order valence-electron chi connectivity index (χ2n) is 6.47. The molecule has 5 nitrogen and oxygen atoms in total. The molecular weight excluding hydrogens is 414 g/mol. The van der Waals surface area contributed by atoms with Gasteiger partial charge in [-0.25, -0.2) is 0 Å². The molecule has 1 aliphatic heterocycles. The minimum Gasteiger partial charge on any atom is -0.478 e. The van der Waals surface area contributed by atoms with Crippen molar-refractivity contribution < 1.29 is 9.53 Å². The van der Waals surface area contributed by atoms with Crippen LogP contribution in [0.25, 0.3) is 6.08 Å². The van der Waals surface area contributed by atoms with Gasteiger partial charge in [-0.2, -0.15) is 5.26 Å². The second kappa shape index (κ2) is 8.19. The fourth-order valence-electron chi connectivity index (χ4n) is 3.46. The van der Waals surface area contributed by atoms with Crippen LogP contribution in [0.5, 0.6) is 5.75 Å². The van der Waals surface area contributed by atoms with Gasteiger partial charge in [0.2, 0.25) is 0 Å². The fraction of sp³-hybridized carbons (Fsp3) is 0.421. The quantitative estimate of drug-likeness (QED) is 0.528. The first-order valence-corrected chi connectivity index (χ1v) is 9.85. The van der Waals surface area contributed by atoms with Crippen LogP contribution in [0.15, 0.2) is 28.4 Å². The minimum atomic E-state index is -0.0596. The van der Waals surface area contributed by atoms with Gasteiger partial charge in [-0.1, -0.05) is 35.2 Å². The number of halogens is 1. The summed E-state index contributed by atoms with van der Waals surface area (Å²) >= 11 is 9.00. The molecule has 1 aromatic rings. The van der Waals surface area contributed by atoms with Gasteiger partial charge in [0.25, 0.3) is 5.91 Å². The highest BCUT2D eigenvalue weighted by Crippen LogP contribution is 2.32. The monoisotopic (exact) mass is 433 g/mol. The molecule has 0 unspecified atom stereocenters. The predicted molar refractivity (Wildman–Crippen MR) is 107 cm³/mol. The molecular formula is C19H20BrN3O2S. The molecule has 136 valence electrons. The van der Waals surface area contributed by atoms with Gasteiger partial charge in [-0.3, -0.25) is 9.69 Å². The average Bonchev–Trinajstić information content (AvgIpc) is 2.85. The second-order valence-corrected chi connectivity index (χ2v) is 7.75. The van der Waals surface area contributed by atoms with E-state index in [9.17, 15) is 4.79 Å². The summed E-state index contributed by atoms with van der Waals surface area (Å²) in [5.74, 6) is 0.501. The maximum absolute atomic E-state index is 13.1. The van der Waals surface area contributed by atoms with Crippen LogP contribution in [0.2, 0.25) is 0 Å². The fourth-order valence-corrected chi connectivity index (χ4v) is 4.17. The van der Waals surface area contributed by atoms with Crippen LogP contribution >= 0.6 is 28.1 Å². The Labute approximate surface area is 167 Å². The van der Waals surface area contributed by atoms with E-state index >= 15 is 0 Å². The Morgan fingerprint density at radius 2 is 2.12 bits per heavy atom. The lowest BCUT2D eigenvalue weighted by molar-refractivity contribution is -0.124. The van der Waals surface area contributed by atoms with Crippen LogP contribution in [0, 0.1) is 11.3 Å². The Morgan fingerprint density at radius 3 is 2.81 bits per heavy atom. The normalized spacial score (nSPS) is 20.0. The maximum Gasteiger partial charge on any atom is 0.277 e. The van der Waals surface area contributed by atoms with Gasteiger partial charge in [0, 0.05) is 23.1 Å². The van der Waals surface area contributed by atoms with Gasteiger partial charge < -0.3 is 9.64 Å². The number of hydrogen-bond donors (Lipinski definition) is 0. The Balaban J connectivity index is 1.93. The molecule has 0 radical (unpaired) electrons. The molecule has 7 heteroatoms. The van der Waals surface area contributed by atoms with E-state index < -0.39 is 0 Å². The third-order valence-electron chi connectivity index (χ3n) is 4.79. The van der Waals surface area contributed by atoms with Gasteiger partial charge in [0.1, 0.15) is 17.5 Å². The first-order chi connectivity index (χ1) is 12.5. The van der Waals surface area contributed by atoms with Crippen LogP contribution in [0.1, 0.15) is 37.7 Å². The van der Waals surface area contributed by atoms with Gasteiger partial charge in [0.15, 0.2) is 11.7 Å². The largest absolute Gasteiger partial charge is 0.478 e. The van der Waals surface area contributed by atoms with Crippen molar-refractivity contribution in [3.63, 3.8) is 0 Å². The summed E-state index contributed by atoms with van der Waals surface area (Å²) in [7, 11) is 1.82. The van der Waals surface area contributed by atoms with Crippen molar-refractivity contribution in [1.29, 1.82) is 5.26 Å². The lowest BCUT2D eigenvalue weighted by atomic mass is 9.94. The topological polar surface area (TPSA) is 56.6 Å². The third kappa shape index (κ3) is 3.76. The van der Waals surface area contributed by atoms with E-state index in [2.05, 4.69) is 15.9 Å². The highest BCUT2D eigenvalue weighted by molar-refractivity contribution is 9.10. The van der Waals surface area contributed by atoms with E-state index in [-0.39, 0.29) is 18.6 Å². The molecule has 1 saturated carbocycles. The number of thiocarbonyl (C=S) groups is 1. The van der Waals surface area contributed by atoms with Crippen molar-refractivity contribution in [1.82, 2.24) is 9.80 Å². The molecule has 1 saturated heterocycles. The summed E-state index contributed by atoms with van der Waals surface area (Å²) in [6.45, 7) is -0.0474. The van der Waals surface area contributed by atoms with E-state index in [0.717, 1.165) is 35.7 Å². The number of rotatable bonds is 4. The molecule has 2 fully saturated rings. The molecule has 3 rings (SSSR count). The Hall–Kier alpha value is -1.91. The number of amides is 1. The molecule has 0 N–H and O–H groups in total. The number of likely N-dealkylation sites (N-methyl/N-ethyl adjacent to an activating group) is 1. The first-order valence-electron chi connectivity index (χ1n) is 8.65. The van der Waals surface area contributed by atoms with Crippen molar-refractivity contribution in [2.75, 3.05) is 13.7 Å². The third-order valence-corrected chi connectivity index (χ3v) is 5.75. The van der Waals surface area contributed by atoms with Crippen LogP contribution in [-0.4, -0.2) is 40.5 Å². The smallest absolute Gasteiger partial charge is 0.277 e. The molecule has 0 aromatic heterocycles. The summed E-state index contributed by atoms with van der Waals surface area (Å²) in [4.78, 5) is 16.6. The molecule has 26 heavy (non-hydrogen) atoms. The van der Waals surface area contributed by atoms with E-state index in [1.54, 1.807) is 21.9 Å². The molecule has 0 atom stereocenters. The van der Waals surface area contributed by atoms with Crippen LogP contribution in [-0.2, 0) is 4.79 Å². The van der Waals surface area contributed by atoms with E-state index in [1.165, 1.54) is 6.42 Å². The van der Waals surface area contributed by atoms with Crippen LogP contribution < -0.4 is 4.74 Å². The molecule has 1 aromatic carbocycles. The average molecular weight is 434 g/mol. The zero-order chi connectivity index (χ0) is 18.7.